The van der Waals surface area contributed by atoms with Gasteiger partial charge in [0.05, 0.1) is 0 Å². The number of likely N-dealkylation sites (tertiary alicyclic amines) is 1. The minimum Gasteiger partial charge on any atom is -0.339 e. The van der Waals surface area contributed by atoms with Crippen LogP contribution in [0.4, 0.5) is 0 Å². The van der Waals surface area contributed by atoms with Crippen LogP contribution in [0.25, 0.3) is 5.69 Å². The topological polar surface area (TPSA) is 63.1 Å². The maximum Gasteiger partial charge on any atom is 0.253 e. The Labute approximate surface area is 147 Å². The van der Waals surface area contributed by atoms with Crippen molar-refractivity contribution in [3.05, 3.63) is 42.5 Å². The molecule has 1 amide bonds. The van der Waals surface area contributed by atoms with Crippen LogP contribution in [0.2, 0.25) is 0 Å². The third-order valence-corrected chi connectivity index (χ3v) is 5.14. The molecule has 2 fully saturated rings. The van der Waals surface area contributed by atoms with Crippen LogP contribution in [0.5, 0.6) is 0 Å². The van der Waals surface area contributed by atoms with Crippen molar-refractivity contribution in [3.63, 3.8) is 0 Å². The predicted molar refractivity (Wildman–Crippen MR) is 93.6 cm³/mol. The van der Waals surface area contributed by atoms with Crippen LogP contribution in [-0.4, -0.2) is 51.8 Å². The van der Waals surface area contributed by atoms with Gasteiger partial charge in [-0.1, -0.05) is 0 Å². The van der Waals surface area contributed by atoms with Gasteiger partial charge in [-0.25, -0.2) is 0 Å². The Bertz CT molecular complexity index is 659. The molecule has 2 aliphatic heterocycles. The van der Waals surface area contributed by atoms with Crippen molar-refractivity contribution in [1.82, 2.24) is 25.0 Å². The molecule has 1 N–H and O–H groups in total. The van der Waals surface area contributed by atoms with E-state index >= 15 is 0 Å². The van der Waals surface area contributed by atoms with E-state index in [1.165, 1.54) is 0 Å². The number of hydrogen-bond acceptors (Lipinski definition) is 4. The van der Waals surface area contributed by atoms with Crippen LogP contribution in [0, 0.1) is 11.8 Å². The van der Waals surface area contributed by atoms with E-state index in [0.29, 0.717) is 0 Å². The van der Waals surface area contributed by atoms with Crippen LogP contribution in [0.15, 0.2) is 36.9 Å². The van der Waals surface area contributed by atoms with Crippen LogP contribution in [-0.2, 0) is 0 Å². The van der Waals surface area contributed by atoms with Gasteiger partial charge in [0.25, 0.3) is 5.91 Å². The van der Waals surface area contributed by atoms with Crippen molar-refractivity contribution in [2.45, 2.75) is 12.8 Å². The van der Waals surface area contributed by atoms with Crippen molar-refractivity contribution >= 4 is 18.3 Å². The zero-order valence-electron chi connectivity index (χ0n) is 13.5. The number of benzene rings is 1. The molecule has 2 aliphatic rings. The lowest BCUT2D eigenvalue weighted by Crippen LogP contribution is -2.32. The van der Waals surface area contributed by atoms with Gasteiger partial charge in [-0.2, -0.15) is 0 Å². The summed E-state index contributed by atoms with van der Waals surface area (Å²) >= 11 is 0. The van der Waals surface area contributed by atoms with E-state index in [2.05, 4.69) is 15.5 Å². The first-order valence-electron chi connectivity index (χ1n) is 8.26. The van der Waals surface area contributed by atoms with Gasteiger partial charge in [0.15, 0.2) is 0 Å². The molecule has 0 unspecified atom stereocenters. The molecule has 24 heavy (non-hydrogen) atoms. The summed E-state index contributed by atoms with van der Waals surface area (Å²) in [7, 11) is 0. The molecule has 4 rings (SSSR count). The molecule has 0 aliphatic carbocycles. The zero-order chi connectivity index (χ0) is 15.6. The highest BCUT2D eigenvalue weighted by Gasteiger charge is 2.31. The van der Waals surface area contributed by atoms with Crippen LogP contribution in [0.3, 0.4) is 0 Å². The Hall–Kier alpha value is -1.92. The largest absolute Gasteiger partial charge is 0.339 e. The first-order chi connectivity index (χ1) is 11.3. The fourth-order valence-corrected chi connectivity index (χ4v) is 3.71. The van der Waals surface area contributed by atoms with E-state index in [4.69, 9.17) is 0 Å². The lowest BCUT2D eigenvalue weighted by Gasteiger charge is -2.21. The van der Waals surface area contributed by atoms with Gasteiger partial charge in [0, 0.05) is 24.3 Å². The Balaban J connectivity index is 0.00000169. The van der Waals surface area contributed by atoms with Gasteiger partial charge in [-0.15, -0.1) is 22.6 Å². The fraction of sp³-hybridized carbons (Fsp3) is 0.471. The number of nitrogens with zero attached hydrogens (tertiary/aromatic N) is 4. The van der Waals surface area contributed by atoms with Gasteiger partial charge in [0.1, 0.15) is 12.7 Å². The number of carbonyl (C=O) groups excluding carboxylic acids is 1. The SMILES string of the molecule is Cl.O=C(c1ccc(-n2cnnc2)cc1)N1CC[C@@H]2CNC[C@@H]2CC1. The Morgan fingerprint density at radius 2 is 1.58 bits per heavy atom. The maximum atomic E-state index is 12.7. The second-order valence-corrected chi connectivity index (χ2v) is 6.46. The van der Waals surface area contributed by atoms with Gasteiger partial charge in [-0.3, -0.25) is 9.36 Å². The van der Waals surface area contributed by atoms with Crippen LogP contribution < -0.4 is 5.32 Å². The van der Waals surface area contributed by atoms with Gasteiger partial charge in [0.2, 0.25) is 0 Å². The van der Waals surface area contributed by atoms with E-state index in [9.17, 15) is 4.79 Å². The number of aromatic nitrogens is 3. The monoisotopic (exact) mass is 347 g/mol. The van der Waals surface area contributed by atoms with Crippen molar-refractivity contribution < 1.29 is 4.79 Å². The molecule has 0 spiro atoms. The second kappa shape index (κ2) is 7.32. The molecule has 6 nitrogen and oxygen atoms in total. The first-order valence-corrected chi connectivity index (χ1v) is 8.26. The second-order valence-electron chi connectivity index (χ2n) is 6.46. The van der Waals surface area contributed by atoms with E-state index in [1.807, 2.05) is 33.7 Å². The molecule has 0 radical (unpaired) electrons. The zero-order valence-corrected chi connectivity index (χ0v) is 14.3. The molecule has 1 aromatic carbocycles. The highest BCUT2D eigenvalue weighted by atomic mass is 35.5. The third kappa shape index (κ3) is 3.30. The predicted octanol–water partition coefficient (Wildman–Crippen LogP) is 1.76. The number of carbonyl (C=O) groups is 1. The highest BCUT2D eigenvalue weighted by Crippen LogP contribution is 2.27. The fourth-order valence-electron chi connectivity index (χ4n) is 3.71. The summed E-state index contributed by atoms with van der Waals surface area (Å²) in [6.45, 7) is 3.96. The van der Waals surface area contributed by atoms with Crippen molar-refractivity contribution in [3.8, 4) is 5.69 Å². The van der Waals surface area contributed by atoms with E-state index in [-0.39, 0.29) is 18.3 Å². The number of amides is 1. The van der Waals surface area contributed by atoms with E-state index in [1.54, 1.807) is 12.7 Å². The summed E-state index contributed by atoms with van der Waals surface area (Å²) in [5, 5.41) is 11.1. The normalized spacial score (nSPS) is 23.2. The molecule has 1 aromatic heterocycles. The first kappa shape index (κ1) is 16.9. The Morgan fingerprint density at radius 1 is 1.00 bits per heavy atom. The van der Waals surface area contributed by atoms with Gasteiger partial charge >= 0.3 is 0 Å². The summed E-state index contributed by atoms with van der Waals surface area (Å²) in [6, 6.07) is 7.66. The molecule has 0 bridgehead atoms. The molecule has 2 aromatic rings. The lowest BCUT2D eigenvalue weighted by atomic mass is 9.92. The average molecular weight is 348 g/mol. The number of nitrogens with one attached hydrogen (secondary N) is 1. The minimum absolute atomic E-state index is 0. The molecular formula is C17H22ClN5O. The molecule has 2 saturated heterocycles. The summed E-state index contributed by atoms with van der Waals surface area (Å²) in [4.78, 5) is 14.8. The van der Waals surface area contributed by atoms with Gasteiger partial charge < -0.3 is 10.2 Å². The molecule has 128 valence electrons. The molecular weight excluding hydrogens is 326 g/mol. The number of halogens is 1. The average Bonchev–Trinajstić information content (AvgIpc) is 3.24. The standard InChI is InChI=1S/C17H21N5O.ClH/c23-17(21-7-5-14-9-18-10-15(14)6-8-21)13-1-3-16(4-2-13)22-11-19-20-12-22;/h1-4,11-12,14-15,18H,5-10H2;1H/t14-,15+;. The maximum absolute atomic E-state index is 12.7. The summed E-state index contributed by atoms with van der Waals surface area (Å²) < 4.78 is 1.83. The van der Waals surface area contributed by atoms with Crippen molar-refractivity contribution in [1.29, 1.82) is 0 Å². The van der Waals surface area contributed by atoms with Crippen LogP contribution >= 0.6 is 12.4 Å². The number of fused-ring (bicyclic) bond motifs is 1. The van der Waals surface area contributed by atoms with Crippen molar-refractivity contribution in [2.24, 2.45) is 11.8 Å². The smallest absolute Gasteiger partial charge is 0.253 e. The number of hydrogen-bond donors (Lipinski definition) is 1. The summed E-state index contributed by atoms with van der Waals surface area (Å²) in [5.41, 5.74) is 1.72. The third-order valence-electron chi connectivity index (χ3n) is 5.14. The van der Waals surface area contributed by atoms with Crippen LogP contribution in [0.1, 0.15) is 23.2 Å². The van der Waals surface area contributed by atoms with Crippen molar-refractivity contribution in [2.75, 3.05) is 26.2 Å². The van der Waals surface area contributed by atoms with E-state index in [0.717, 1.165) is 62.1 Å². The molecule has 7 heteroatoms. The molecule has 3 heterocycles. The number of rotatable bonds is 2. The minimum atomic E-state index is 0. The quantitative estimate of drug-likeness (QED) is 0.899. The highest BCUT2D eigenvalue weighted by molar-refractivity contribution is 5.94. The molecule has 0 saturated carbocycles. The summed E-state index contributed by atoms with van der Waals surface area (Å²) in [5.74, 6) is 1.63. The van der Waals surface area contributed by atoms with E-state index < -0.39 is 0 Å². The molecule has 2 atom stereocenters. The lowest BCUT2D eigenvalue weighted by molar-refractivity contribution is 0.0758. The Kier molecular flexibility index (Phi) is 5.16. The van der Waals surface area contributed by atoms with Gasteiger partial charge in [-0.05, 0) is 62.0 Å². The Morgan fingerprint density at radius 3 is 2.17 bits per heavy atom. The summed E-state index contributed by atoms with van der Waals surface area (Å²) in [6.07, 6.45) is 5.53.